The number of nitrogens with one attached hydrogen (secondary N) is 1. The van der Waals surface area contributed by atoms with E-state index in [0.717, 1.165) is 36.8 Å². The second-order valence-electron chi connectivity index (χ2n) is 5.96. The number of amides is 1. The first-order chi connectivity index (χ1) is 10.7. The molecule has 1 aromatic carbocycles. The van der Waals surface area contributed by atoms with E-state index in [9.17, 15) is 9.59 Å². The van der Waals surface area contributed by atoms with E-state index in [1.807, 2.05) is 18.2 Å². The summed E-state index contributed by atoms with van der Waals surface area (Å²) >= 11 is 0. The van der Waals surface area contributed by atoms with E-state index in [4.69, 9.17) is 4.74 Å². The molecule has 114 valence electrons. The molecule has 1 saturated heterocycles. The first-order valence-corrected chi connectivity index (χ1v) is 7.79. The van der Waals surface area contributed by atoms with Crippen LogP contribution in [0.25, 0.3) is 10.9 Å². The van der Waals surface area contributed by atoms with Gasteiger partial charge in [-0.05, 0) is 36.3 Å². The van der Waals surface area contributed by atoms with Crippen LogP contribution in [0.3, 0.4) is 0 Å². The summed E-state index contributed by atoms with van der Waals surface area (Å²) in [6, 6.07) is 7.69. The van der Waals surface area contributed by atoms with Gasteiger partial charge in [-0.3, -0.25) is 9.59 Å². The third-order valence-corrected chi connectivity index (χ3v) is 4.56. The molecule has 0 aliphatic carbocycles. The van der Waals surface area contributed by atoms with Crippen LogP contribution in [0.15, 0.2) is 29.1 Å². The molecule has 1 amide bonds. The van der Waals surface area contributed by atoms with Gasteiger partial charge in [0.15, 0.2) is 0 Å². The predicted molar refractivity (Wildman–Crippen MR) is 83.2 cm³/mol. The maximum atomic E-state index is 12.6. The van der Waals surface area contributed by atoms with Crippen LogP contribution in [0.4, 0.5) is 0 Å². The Kier molecular flexibility index (Phi) is 3.22. The molecule has 5 heteroatoms. The number of aromatic nitrogens is 1. The maximum Gasteiger partial charge on any atom is 0.263 e. The molecule has 22 heavy (non-hydrogen) atoms. The maximum absolute atomic E-state index is 12.6. The van der Waals surface area contributed by atoms with Crippen molar-refractivity contribution in [1.29, 1.82) is 0 Å². The van der Waals surface area contributed by atoms with Crippen LogP contribution in [0.1, 0.15) is 28.8 Å². The van der Waals surface area contributed by atoms with Gasteiger partial charge in [-0.1, -0.05) is 18.2 Å². The fourth-order valence-electron chi connectivity index (χ4n) is 3.44. The largest absolute Gasteiger partial charge is 0.376 e. The Morgan fingerprint density at radius 1 is 1.41 bits per heavy atom. The molecule has 5 nitrogen and oxygen atoms in total. The highest BCUT2D eigenvalue weighted by atomic mass is 16.5. The highest BCUT2D eigenvalue weighted by molar-refractivity contribution is 5.98. The van der Waals surface area contributed by atoms with Gasteiger partial charge in [0, 0.05) is 19.7 Å². The zero-order chi connectivity index (χ0) is 15.1. The van der Waals surface area contributed by atoms with Crippen LogP contribution < -0.4 is 10.9 Å². The molecule has 3 heterocycles. The Hall–Kier alpha value is -2.14. The zero-order valence-electron chi connectivity index (χ0n) is 12.3. The van der Waals surface area contributed by atoms with E-state index in [1.165, 1.54) is 5.56 Å². The standard InChI is InChI=1S/C17H18N2O3/c20-16(18-10-13-5-2-8-22-13)14-9-12-4-1-3-11-6-7-19(15(11)12)17(14)21/h1,3-4,9,13H,2,5-8,10H2,(H,18,20). The van der Waals surface area contributed by atoms with Crippen LogP contribution in [0.5, 0.6) is 0 Å². The highest BCUT2D eigenvalue weighted by Crippen LogP contribution is 2.24. The van der Waals surface area contributed by atoms with Crippen molar-refractivity contribution in [3.05, 3.63) is 45.7 Å². The number of carbonyl (C=O) groups excluding carboxylic acids is 1. The topological polar surface area (TPSA) is 60.3 Å². The molecule has 2 aliphatic heterocycles. The molecule has 1 atom stereocenters. The quantitative estimate of drug-likeness (QED) is 0.933. The average Bonchev–Trinajstić information content (AvgIpc) is 3.18. The van der Waals surface area contributed by atoms with E-state index in [1.54, 1.807) is 10.6 Å². The van der Waals surface area contributed by atoms with Crippen molar-refractivity contribution in [3.63, 3.8) is 0 Å². The van der Waals surface area contributed by atoms with Crippen molar-refractivity contribution in [3.8, 4) is 0 Å². The predicted octanol–water partition coefficient (Wildman–Crippen LogP) is 1.47. The lowest BCUT2D eigenvalue weighted by Crippen LogP contribution is -2.36. The molecular formula is C17H18N2O3. The number of hydrogen-bond donors (Lipinski definition) is 1. The second-order valence-corrected chi connectivity index (χ2v) is 5.96. The van der Waals surface area contributed by atoms with Gasteiger partial charge >= 0.3 is 0 Å². The number of pyridine rings is 1. The third-order valence-electron chi connectivity index (χ3n) is 4.56. The summed E-state index contributed by atoms with van der Waals surface area (Å²) in [5.41, 5.74) is 2.19. The number of benzene rings is 1. The SMILES string of the molecule is O=C(NCC1CCCO1)c1cc2cccc3c2n(c1=O)CC3. The second kappa shape index (κ2) is 5.25. The Bertz CT molecular complexity index is 803. The summed E-state index contributed by atoms with van der Waals surface area (Å²) in [5.74, 6) is -0.302. The zero-order valence-corrected chi connectivity index (χ0v) is 12.3. The summed E-state index contributed by atoms with van der Waals surface area (Å²) in [5, 5.41) is 3.79. The van der Waals surface area contributed by atoms with Gasteiger partial charge in [-0.15, -0.1) is 0 Å². The molecule has 2 aliphatic rings. The lowest BCUT2D eigenvalue weighted by Gasteiger charge is -2.12. The number of rotatable bonds is 3. The molecule has 1 aromatic heterocycles. The van der Waals surface area contributed by atoms with Crippen LogP contribution in [-0.2, 0) is 17.7 Å². The van der Waals surface area contributed by atoms with Crippen molar-refractivity contribution < 1.29 is 9.53 Å². The normalized spacial score (nSPS) is 19.7. The van der Waals surface area contributed by atoms with Gasteiger partial charge in [0.25, 0.3) is 11.5 Å². The fraction of sp³-hybridized carbons (Fsp3) is 0.412. The smallest absolute Gasteiger partial charge is 0.263 e. The van der Waals surface area contributed by atoms with Gasteiger partial charge < -0.3 is 14.6 Å². The van der Waals surface area contributed by atoms with E-state index in [2.05, 4.69) is 5.32 Å². The van der Waals surface area contributed by atoms with E-state index in [0.29, 0.717) is 13.1 Å². The molecule has 1 N–H and O–H groups in total. The number of aryl methyl sites for hydroxylation is 2. The molecule has 0 spiro atoms. The van der Waals surface area contributed by atoms with Gasteiger partial charge in [0.2, 0.25) is 0 Å². The summed E-state index contributed by atoms with van der Waals surface area (Å²) < 4.78 is 7.22. The first kappa shape index (κ1) is 13.5. The lowest BCUT2D eigenvalue weighted by atomic mass is 10.1. The average molecular weight is 298 g/mol. The number of carbonyl (C=O) groups is 1. The number of para-hydroxylation sites is 1. The molecule has 1 fully saturated rings. The van der Waals surface area contributed by atoms with Crippen molar-refractivity contribution in [2.45, 2.75) is 31.9 Å². The number of hydrogen-bond acceptors (Lipinski definition) is 3. The Morgan fingerprint density at radius 3 is 3.14 bits per heavy atom. The van der Waals surface area contributed by atoms with Gasteiger partial charge in [-0.2, -0.15) is 0 Å². The molecule has 4 rings (SSSR count). The molecule has 2 aromatic rings. The van der Waals surface area contributed by atoms with Gasteiger partial charge in [0.1, 0.15) is 5.56 Å². The minimum atomic E-state index is -0.302. The third kappa shape index (κ3) is 2.13. The molecule has 0 saturated carbocycles. The summed E-state index contributed by atoms with van der Waals surface area (Å²) in [6.07, 6.45) is 2.93. The Labute approximate surface area is 127 Å². The van der Waals surface area contributed by atoms with Gasteiger partial charge in [0.05, 0.1) is 11.6 Å². The first-order valence-electron chi connectivity index (χ1n) is 7.79. The van der Waals surface area contributed by atoms with E-state index in [-0.39, 0.29) is 23.1 Å². The number of ether oxygens (including phenoxy) is 1. The van der Waals surface area contributed by atoms with Crippen molar-refractivity contribution in [2.24, 2.45) is 0 Å². The van der Waals surface area contributed by atoms with E-state index >= 15 is 0 Å². The van der Waals surface area contributed by atoms with Crippen molar-refractivity contribution >= 4 is 16.8 Å². The molecular weight excluding hydrogens is 280 g/mol. The summed E-state index contributed by atoms with van der Waals surface area (Å²) in [4.78, 5) is 24.9. The highest BCUT2D eigenvalue weighted by Gasteiger charge is 2.22. The summed E-state index contributed by atoms with van der Waals surface area (Å²) in [6.45, 7) is 1.88. The molecule has 0 radical (unpaired) electrons. The lowest BCUT2D eigenvalue weighted by molar-refractivity contribution is 0.0856. The monoisotopic (exact) mass is 298 g/mol. The minimum absolute atomic E-state index is 0.0777. The van der Waals surface area contributed by atoms with Gasteiger partial charge in [-0.25, -0.2) is 0 Å². The van der Waals surface area contributed by atoms with Crippen molar-refractivity contribution in [1.82, 2.24) is 9.88 Å². The molecule has 1 unspecified atom stereocenters. The van der Waals surface area contributed by atoms with Crippen molar-refractivity contribution in [2.75, 3.05) is 13.2 Å². The van der Waals surface area contributed by atoms with Crippen LogP contribution in [-0.4, -0.2) is 29.7 Å². The minimum Gasteiger partial charge on any atom is -0.376 e. The Morgan fingerprint density at radius 2 is 2.32 bits per heavy atom. The van der Waals surface area contributed by atoms with Crippen LogP contribution >= 0.6 is 0 Å². The summed E-state index contributed by atoms with van der Waals surface area (Å²) in [7, 11) is 0. The van der Waals surface area contributed by atoms with Crippen LogP contribution in [0.2, 0.25) is 0 Å². The number of nitrogens with zero attached hydrogens (tertiary/aromatic N) is 1. The molecule has 0 bridgehead atoms. The Balaban J connectivity index is 1.66. The van der Waals surface area contributed by atoms with Crippen LogP contribution in [0, 0.1) is 0 Å². The fourth-order valence-corrected chi connectivity index (χ4v) is 3.44. The van der Waals surface area contributed by atoms with E-state index < -0.39 is 0 Å².